The average Bonchev–Trinajstić information content (AvgIpc) is 2.83. The van der Waals surface area contributed by atoms with Gasteiger partial charge in [0, 0.05) is 19.2 Å². The molecular formula is C13H19FN2O3S. The number of sulfonamides is 1. The van der Waals surface area contributed by atoms with Crippen LogP contribution < -0.4 is 10.5 Å². The summed E-state index contributed by atoms with van der Waals surface area (Å²) in [5.74, 6) is -0.661. The Hall–Kier alpha value is -1.18. The monoisotopic (exact) mass is 302 g/mol. The lowest BCUT2D eigenvalue weighted by Gasteiger charge is -2.22. The standard InChI is InChI=1S/C13H19FN2O3S/c1-13(8-15)5-6-16(9-13)20(17,18)10-3-4-11(14)12(7-10)19-2/h3-4,7H,5-6,8-9,15H2,1-2H3. The largest absolute Gasteiger partial charge is 0.494 e. The van der Waals surface area contributed by atoms with Gasteiger partial charge in [-0.25, -0.2) is 12.8 Å². The van der Waals surface area contributed by atoms with Gasteiger partial charge in [-0.1, -0.05) is 6.92 Å². The van der Waals surface area contributed by atoms with Gasteiger partial charge in [0.15, 0.2) is 11.6 Å². The summed E-state index contributed by atoms with van der Waals surface area (Å²) < 4.78 is 44.6. The van der Waals surface area contributed by atoms with E-state index in [2.05, 4.69) is 0 Å². The van der Waals surface area contributed by atoms with E-state index in [9.17, 15) is 12.8 Å². The van der Waals surface area contributed by atoms with Crippen LogP contribution in [0.2, 0.25) is 0 Å². The summed E-state index contributed by atoms with van der Waals surface area (Å²) in [7, 11) is -2.34. The first kappa shape index (κ1) is 15.2. The summed E-state index contributed by atoms with van der Waals surface area (Å²) in [6.07, 6.45) is 0.723. The zero-order valence-electron chi connectivity index (χ0n) is 11.6. The lowest BCUT2D eigenvalue weighted by atomic mass is 9.90. The minimum atomic E-state index is -3.64. The Morgan fingerprint density at radius 1 is 1.50 bits per heavy atom. The second-order valence-electron chi connectivity index (χ2n) is 5.40. The minimum Gasteiger partial charge on any atom is -0.494 e. The predicted molar refractivity (Wildman–Crippen MR) is 73.5 cm³/mol. The first-order valence-corrected chi connectivity index (χ1v) is 7.80. The molecule has 0 bridgehead atoms. The number of rotatable bonds is 4. The Balaban J connectivity index is 2.32. The van der Waals surface area contributed by atoms with Gasteiger partial charge in [0.2, 0.25) is 10.0 Å². The molecule has 20 heavy (non-hydrogen) atoms. The van der Waals surface area contributed by atoms with Crippen LogP contribution in [-0.2, 0) is 10.0 Å². The van der Waals surface area contributed by atoms with Gasteiger partial charge in [0.1, 0.15) is 0 Å². The van der Waals surface area contributed by atoms with Gasteiger partial charge in [-0.2, -0.15) is 4.31 Å². The molecule has 1 heterocycles. The molecule has 1 unspecified atom stereocenters. The molecule has 0 saturated carbocycles. The van der Waals surface area contributed by atoms with Crippen LogP contribution in [0.3, 0.4) is 0 Å². The number of nitrogens with zero attached hydrogens (tertiary/aromatic N) is 1. The number of benzene rings is 1. The normalized spacial score (nSPS) is 24.0. The van der Waals surface area contributed by atoms with E-state index < -0.39 is 15.8 Å². The molecule has 0 spiro atoms. The molecule has 2 rings (SSSR count). The lowest BCUT2D eigenvalue weighted by molar-refractivity contribution is 0.349. The highest BCUT2D eigenvalue weighted by Gasteiger charge is 2.39. The highest BCUT2D eigenvalue weighted by Crippen LogP contribution is 2.33. The van der Waals surface area contributed by atoms with Crippen LogP contribution in [-0.4, -0.2) is 39.5 Å². The molecule has 1 saturated heterocycles. The molecular weight excluding hydrogens is 283 g/mol. The fraction of sp³-hybridized carbons (Fsp3) is 0.538. The number of halogens is 1. The second kappa shape index (κ2) is 5.31. The van der Waals surface area contributed by atoms with E-state index in [4.69, 9.17) is 10.5 Å². The van der Waals surface area contributed by atoms with Crippen LogP contribution in [0, 0.1) is 11.2 Å². The summed E-state index contributed by atoms with van der Waals surface area (Å²) in [4.78, 5) is 0.0389. The van der Waals surface area contributed by atoms with Crippen LogP contribution in [0.1, 0.15) is 13.3 Å². The van der Waals surface area contributed by atoms with Gasteiger partial charge in [0.05, 0.1) is 12.0 Å². The molecule has 0 aromatic heterocycles. The van der Waals surface area contributed by atoms with E-state index in [0.717, 1.165) is 12.5 Å². The average molecular weight is 302 g/mol. The topological polar surface area (TPSA) is 72.6 Å². The van der Waals surface area contributed by atoms with Crippen molar-refractivity contribution >= 4 is 10.0 Å². The molecule has 1 aliphatic rings. The van der Waals surface area contributed by atoms with Crippen LogP contribution in [0.25, 0.3) is 0 Å². The first-order chi connectivity index (χ1) is 9.32. The zero-order chi connectivity index (χ0) is 15.0. The van der Waals surface area contributed by atoms with Crippen LogP contribution in [0.15, 0.2) is 23.1 Å². The van der Waals surface area contributed by atoms with Crippen molar-refractivity contribution in [3.8, 4) is 5.75 Å². The fourth-order valence-corrected chi connectivity index (χ4v) is 3.91. The molecule has 1 aromatic carbocycles. The summed E-state index contributed by atoms with van der Waals surface area (Å²) >= 11 is 0. The minimum absolute atomic E-state index is 0.0389. The predicted octanol–water partition coefficient (Wildman–Crippen LogP) is 1.19. The summed E-state index contributed by atoms with van der Waals surface area (Å²) in [5, 5.41) is 0. The smallest absolute Gasteiger partial charge is 0.243 e. The van der Waals surface area contributed by atoms with Gasteiger partial charge in [0.25, 0.3) is 0 Å². The van der Waals surface area contributed by atoms with E-state index in [1.807, 2.05) is 6.92 Å². The summed E-state index contributed by atoms with van der Waals surface area (Å²) in [6, 6.07) is 3.57. The van der Waals surface area contributed by atoms with Gasteiger partial charge >= 0.3 is 0 Å². The number of nitrogens with two attached hydrogens (primary N) is 1. The molecule has 1 fully saturated rings. The Kier molecular flexibility index (Phi) is 4.04. The van der Waals surface area contributed by atoms with E-state index in [-0.39, 0.29) is 16.1 Å². The lowest BCUT2D eigenvalue weighted by Crippen LogP contribution is -2.34. The van der Waals surface area contributed by atoms with E-state index in [0.29, 0.717) is 19.6 Å². The van der Waals surface area contributed by atoms with Crippen LogP contribution >= 0.6 is 0 Å². The third kappa shape index (κ3) is 2.65. The van der Waals surface area contributed by atoms with E-state index >= 15 is 0 Å². The highest BCUT2D eigenvalue weighted by atomic mass is 32.2. The van der Waals surface area contributed by atoms with Gasteiger partial charge in [-0.3, -0.25) is 0 Å². The molecule has 1 aromatic rings. The van der Waals surface area contributed by atoms with Gasteiger partial charge in [-0.15, -0.1) is 0 Å². The summed E-state index contributed by atoms with van der Waals surface area (Å²) in [5.41, 5.74) is 5.49. The zero-order valence-corrected chi connectivity index (χ0v) is 12.4. The maximum Gasteiger partial charge on any atom is 0.243 e. The number of methoxy groups -OCH3 is 1. The molecule has 0 radical (unpaired) electrons. The van der Waals surface area contributed by atoms with Crippen LogP contribution in [0.5, 0.6) is 5.75 Å². The molecule has 2 N–H and O–H groups in total. The summed E-state index contributed by atoms with van der Waals surface area (Å²) in [6.45, 7) is 3.21. The molecule has 112 valence electrons. The van der Waals surface area contributed by atoms with Crippen LogP contribution in [0.4, 0.5) is 4.39 Å². The highest BCUT2D eigenvalue weighted by molar-refractivity contribution is 7.89. The molecule has 0 amide bonds. The van der Waals surface area contributed by atoms with Gasteiger partial charge in [-0.05, 0) is 30.5 Å². The Bertz CT molecular complexity index is 606. The van der Waals surface area contributed by atoms with Gasteiger partial charge < -0.3 is 10.5 Å². The van der Waals surface area contributed by atoms with Crippen molar-refractivity contribution in [3.05, 3.63) is 24.0 Å². The SMILES string of the molecule is COc1cc(S(=O)(=O)N2CCC(C)(CN)C2)ccc1F. The quantitative estimate of drug-likeness (QED) is 0.907. The fourth-order valence-electron chi connectivity index (χ4n) is 2.30. The van der Waals surface area contributed by atoms with E-state index in [1.165, 1.54) is 23.5 Å². The molecule has 5 nitrogen and oxygen atoms in total. The van der Waals surface area contributed by atoms with Crippen molar-refractivity contribution in [3.63, 3.8) is 0 Å². The maximum atomic E-state index is 13.4. The van der Waals surface area contributed by atoms with Crippen molar-refractivity contribution in [2.24, 2.45) is 11.1 Å². The molecule has 1 atom stereocenters. The number of hydrogen-bond donors (Lipinski definition) is 1. The maximum absolute atomic E-state index is 13.4. The van der Waals surface area contributed by atoms with Crippen molar-refractivity contribution < 1.29 is 17.5 Å². The van der Waals surface area contributed by atoms with Crippen molar-refractivity contribution in [1.82, 2.24) is 4.31 Å². The Morgan fingerprint density at radius 2 is 2.20 bits per heavy atom. The second-order valence-corrected chi connectivity index (χ2v) is 7.34. The third-order valence-corrected chi connectivity index (χ3v) is 5.62. The molecule has 7 heteroatoms. The van der Waals surface area contributed by atoms with Crippen molar-refractivity contribution in [2.75, 3.05) is 26.7 Å². The molecule has 1 aliphatic heterocycles. The third-order valence-electron chi connectivity index (χ3n) is 3.78. The first-order valence-electron chi connectivity index (χ1n) is 6.36. The Morgan fingerprint density at radius 3 is 2.75 bits per heavy atom. The van der Waals surface area contributed by atoms with Crippen molar-refractivity contribution in [2.45, 2.75) is 18.2 Å². The number of hydrogen-bond acceptors (Lipinski definition) is 4. The van der Waals surface area contributed by atoms with E-state index in [1.54, 1.807) is 0 Å². The Labute approximate surface area is 118 Å². The molecule has 0 aliphatic carbocycles. The number of ether oxygens (including phenoxy) is 1. The van der Waals surface area contributed by atoms with Crippen molar-refractivity contribution in [1.29, 1.82) is 0 Å².